The molecule has 1 atom stereocenters. The third kappa shape index (κ3) is 1.40. The topological polar surface area (TPSA) is 43.8 Å². The normalized spacial score (nSPS) is 26.1. The molecule has 70 valence electrons. The summed E-state index contributed by atoms with van der Waals surface area (Å²) in [7, 11) is 0. The van der Waals surface area contributed by atoms with Gasteiger partial charge in [-0.2, -0.15) is 0 Å². The van der Waals surface area contributed by atoms with Crippen molar-refractivity contribution in [1.82, 2.24) is 9.55 Å². The van der Waals surface area contributed by atoms with Crippen LogP contribution >= 0.6 is 0 Å². The molecule has 3 heteroatoms. The molecule has 0 aromatic carbocycles. The monoisotopic (exact) mass is 177 g/mol. The van der Waals surface area contributed by atoms with Gasteiger partial charge in [-0.25, -0.2) is 4.98 Å². The van der Waals surface area contributed by atoms with E-state index in [-0.39, 0.29) is 11.5 Å². The first-order valence-corrected chi connectivity index (χ1v) is 4.54. The summed E-state index contributed by atoms with van der Waals surface area (Å²) in [4.78, 5) is 4.02. The fourth-order valence-corrected chi connectivity index (χ4v) is 1.68. The Hall–Kier alpha value is -1.09. The molecule has 0 fully saturated rings. The molecule has 0 aliphatic heterocycles. The molecule has 0 radical (unpaired) electrons. The fraction of sp³-hybridized carbons (Fsp3) is 0.500. The first kappa shape index (κ1) is 8.51. The molecule has 2 N–H and O–H groups in total. The van der Waals surface area contributed by atoms with Gasteiger partial charge in [0.25, 0.3) is 0 Å². The Kier molecular flexibility index (Phi) is 1.77. The van der Waals surface area contributed by atoms with Gasteiger partial charge in [-0.1, -0.05) is 13.8 Å². The van der Waals surface area contributed by atoms with Crippen LogP contribution in [0.25, 0.3) is 5.70 Å². The summed E-state index contributed by atoms with van der Waals surface area (Å²) in [5, 5.41) is 0. The lowest BCUT2D eigenvalue weighted by atomic mass is 9.87. The van der Waals surface area contributed by atoms with Crippen molar-refractivity contribution in [2.45, 2.75) is 26.3 Å². The molecule has 3 nitrogen and oxygen atoms in total. The van der Waals surface area contributed by atoms with Crippen LogP contribution in [0.15, 0.2) is 24.8 Å². The first-order valence-electron chi connectivity index (χ1n) is 4.54. The van der Waals surface area contributed by atoms with Crippen molar-refractivity contribution >= 4 is 5.70 Å². The minimum Gasteiger partial charge on any atom is -0.324 e. The number of allylic oxidation sites excluding steroid dienone is 1. The van der Waals surface area contributed by atoms with E-state index in [0.717, 1.165) is 6.42 Å². The molecule has 1 aromatic heterocycles. The molecule has 0 spiro atoms. The molecule has 1 aliphatic carbocycles. The third-order valence-corrected chi connectivity index (χ3v) is 2.75. The van der Waals surface area contributed by atoms with Gasteiger partial charge in [0.15, 0.2) is 0 Å². The van der Waals surface area contributed by atoms with Crippen LogP contribution in [0.1, 0.15) is 20.3 Å². The Labute approximate surface area is 78.3 Å². The van der Waals surface area contributed by atoms with Crippen molar-refractivity contribution in [1.29, 1.82) is 0 Å². The van der Waals surface area contributed by atoms with Crippen LogP contribution in [0.5, 0.6) is 0 Å². The predicted molar refractivity (Wildman–Crippen MR) is 52.9 cm³/mol. The molecule has 13 heavy (non-hydrogen) atoms. The second-order valence-corrected chi connectivity index (χ2v) is 4.32. The number of imidazole rings is 1. The first-order chi connectivity index (χ1) is 6.09. The number of hydrogen-bond acceptors (Lipinski definition) is 2. The van der Waals surface area contributed by atoms with Gasteiger partial charge in [0.05, 0.1) is 6.33 Å². The van der Waals surface area contributed by atoms with Gasteiger partial charge >= 0.3 is 0 Å². The van der Waals surface area contributed by atoms with E-state index in [1.807, 2.05) is 17.1 Å². The van der Waals surface area contributed by atoms with E-state index >= 15 is 0 Å². The molecule has 2 rings (SSSR count). The van der Waals surface area contributed by atoms with E-state index in [1.165, 1.54) is 5.70 Å². The van der Waals surface area contributed by atoms with Gasteiger partial charge < -0.3 is 10.3 Å². The summed E-state index contributed by atoms with van der Waals surface area (Å²) < 4.78 is 2.04. The predicted octanol–water partition coefficient (Wildman–Crippen LogP) is 1.48. The minimum atomic E-state index is 0.157. The molecule has 1 unspecified atom stereocenters. The minimum absolute atomic E-state index is 0.157. The Bertz CT molecular complexity index is 322. The van der Waals surface area contributed by atoms with E-state index in [2.05, 4.69) is 24.9 Å². The van der Waals surface area contributed by atoms with Crippen LogP contribution in [0.4, 0.5) is 0 Å². The third-order valence-electron chi connectivity index (χ3n) is 2.75. The smallest absolute Gasteiger partial charge is 0.0989 e. The number of hydrogen-bond donors (Lipinski definition) is 1. The van der Waals surface area contributed by atoms with Crippen molar-refractivity contribution in [3.05, 3.63) is 24.8 Å². The lowest BCUT2D eigenvalue weighted by Gasteiger charge is -2.22. The van der Waals surface area contributed by atoms with Gasteiger partial charge in [0.1, 0.15) is 0 Å². The van der Waals surface area contributed by atoms with Crippen molar-refractivity contribution < 1.29 is 0 Å². The molecule has 0 saturated heterocycles. The summed E-state index contributed by atoms with van der Waals surface area (Å²) in [6.07, 6.45) is 8.71. The van der Waals surface area contributed by atoms with Gasteiger partial charge in [0.2, 0.25) is 0 Å². The van der Waals surface area contributed by atoms with E-state index in [0.29, 0.717) is 0 Å². The number of nitrogens with zero attached hydrogens (tertiary/aromatic N) is 2. The Morgan fingerprint density at radius 1 is 1.62 bits per heavy atom. The maximum Gasteiger partial charge on any atom is 0.0989 e. The van der Waals surface area contributed by atoms with Crippen molar-refractivity contribution in [2.75, 3.05) is 0 Å². The summed E-state index contributed by atoms with van der Waals surface area (Å²) in [5.74, 6) is 0. The standard InChI is InChI=1S/C10H15N3/c1-10(2)6-8(5-9(10)11)13-4-3-12-7-13/h3-5,7,9H,6,11H2,1-2H3. The van der Waals surface area contributed by atoms with Gasteiger partial charge in [0, 0.05) is 24.1 Å². The van der Waals surface area contributed by atoms with E-state index in [1.54, 1.807) is 6.20 Å². The zero-order chi connectivity index (χ0) is 9.47. The molecule has 1 aliphatic rings. The van der Waals surface area contributed by atoms with Gasteiger partial charge in [-0.05, 0) is 17.9 Å². The van der Waals surface area contributed by atoms with E-state index in [9.17, 15) is 0 Å². The van der Waals surface area contributed by atoms with Crippen molar-refractivity contribution in [3.8, 4) is 0 Å². The maximum atomic E-state index is 6.00. The van der Waals surface area contributed by atoms with Crippen LogP contribution in [0.2, 0.25) is 0 Å². The highest BCUT2D eigenvalue weighted by atomic mass is 15.0. The van der Waals surface area contributed by atoms with Gasteiger partial charge in [-0.15, -0.1) is 0 Å². The number of nitrogens with two attached hydrogens (primary N) is 1. The number of aromatic nitrogens is 2. The quantitative estimate of drug-likeness (QED) is 0.706. The molecule has 1 heterocycles. The zero-order valence-corrected chi connectivity index (χ0v) is 8.07. The van der Waals surface area contributed by atoms with Crippen LogP contribution < -0.4 is 5.73 Å². The van der Waals surface area contributed by atoms with E-state index in [4.69, 9.17) is 5.73 Å². The lowest BCUT2D eigenvalue weighted by molar-refractivity contribution is 0.352. The Balaban J connectivity index is 2.26. The summed E-state index contributed by atoms with van der Waals surface area (Å²) in [6, 6.07) is 0.157. The second-order valence-electron chi connectivity index (χ2n) is 4.32. The second kappa shape index (κ2) is 2.70. The average molecular weight is 177 g/mol. The average Bonchev–Trinajstić information content (AvgIpc) is 2.60. The van der Waals surface area contributed by atoms with Crippen LogP contribution in [0, 0.1) is 5.41 Å². The molecule has 0 amide bonds. The molecule has 1 aromatic rings. The molecular formula is C10H15N3. The highest BCUT2D eigenvalue weighted by Gasteiger charge is 2.32. The summed E-state index contributed by atoms with van der Waals surface area (Å²) >= 11 is 0. The SMILES string of the molecule is CC1(C)CC(n2ccnc2)=CC1N. The maximum absolute atomic E-state index is 6.00. The van der Waals surface area contributed by atoms with Crippen molar-refractivity contribution in [2.24, 2.45) is 11.1 Å². The van der Waals surface area contributed by atoms with Crippen LogP contribution in [0.3, 0.4) is 0 Å². The number of rotatable bonds is 1. The molecule has 0 bridgehead atoms. The Morgan fingerprint density at radius 2 is 2.38 bits per heavy atom. The van der Waals surface area contributed by atoms with Gasteiger partial charge in [-0.3, -0.25) is 0 Å². The zero-order valence-electron chi connectivity index (χ0n) is 8.07. The highest BCUT2D eigenvalue weighted by Crippen LogP contribution is 2.37. The van der Waals surface area contributed by atoms with E-state index < -0.39 is 0 Å². The summed E-state index contributed by atoms with van der Waals surface area (Å²) in [6.45, 7) is 4.39. The molecular weight excluding hydrogens is 162 g/mol. The summed E-state index contributed by atoms with van der Waals surface area (Å²) in [5.41, 5.74) is 7.44. The van der Waals surface area contributed by atoms with Crippen LogP contribution in [-0.2, 0) is 0 Å². The lowest BCUT2D eigenvalue weighted by Crippen LogP contribution is -2.31. The largest absolute Gasteiger partial charge is 0.324 e. The van der Waals surface area contributed by atoms with Crippen molar-refractivity contribution in [3.63, 3.8) is 0 Å². The van der Waals surface area contributed by atoms with Crippen LogP contribution in [-0.4, -0.2) is 15.6 Å². The fourth-order valence-electron chi connectivity index (χ4n) is 1.68. The molecule has 0 saturated carbocycles. The Morgan fingerprint density at radius 3 is 2.85 bits per heavy atom. The highest BCUT2D eigenvalue weighted by molar-refractivity contribution is 5.51.